The summed E-state index contributed by atoms with van der Waals surface area (Å²) in [5.41, 5.74) is 2.45. The third-order valence-electron chi connectivity index (χ3n) is 8.10. The molecule has 0 saturated carbocycles. The van der Waals surface area contributed by atoms with Gasteiger partial charge in [0, 0.05) is 35.6 Å². The van der Waals surface area contributed by atoms with Crippen LogP contribution in [0.1, 0.15) is 20.7 Å². The number of ether oxygens (including phenoxy) is 4. The molecular formula is C44H40N2O6. The van der Waals surface area contributed by atoms with Gasteiger partial charge in [-0.1, -0.05) is 72.8 Å². The molecule has 0 heterocycles. The molecule has 0 aliphatic rings. The summed E-state index contributed by atoms with van der Waals surface area (Å²) in [5.74, 6) is 2.45. The molecule has 0 fully saturated rings. The maximum atomic E-state index is 14.0. The summed E-state index contributed by atoms with van der Waals surface area (Å²) in [7, 11) is 0. The van der Waals surface area contributed by atoms with Gasteiger partial charge in [0.1, 0.15) is 49.4 Å². The van der Waals surface area contributed by atoms with Gasteiger partial charge in [-0.15, -0.1) is 0 Å². The van der Waals surface area contributed by atoms with Gasteiger partial charge in [-0.2, -0.15) is 0 Å². The van der Waals surface area contributed by atoms with Crippen molar-refractivity contribution in [3.8, 4) is 23.0 Å². The van der Waals surface area contributed by atoms with Crippen molar-refractivity contribution in [3.05, 3.63) is 181 Å². The number of hydrogen-bond donors (Lipinski definition) is 0. The summed E-state index contributed by atoms with van der Waals surface area (Å²) in [6.45, 7) is 2.02. The van der Waals surface area contributed by atoms with Crippen LogP contribution in [0.25, 0.3) is 0 Å². The lowest BCUT2D eigenvalue weighted by Crippen LogP contribution is -2.41. The second kappa shape index (κ2) is 18.5. The van der Waals surface area contributed by atoms with Gasteiger partial charge in [-0.05, 0) is 97.1 Å². The third kappa shape index (κ3) is 10.0. The molecule has 6 aromatic rings. The van der Waals surface area contributed by atoms with Gasteiger partial charge in [0.15, 0.2) is 0 Å². The molecule has 0 unspecified atom stereocenters. The molecule has 0 aromatic heterocycles. The Kier molecular flexibility index (Phi) is 12.5. The summed E-state index contributed by atoms with van der Waals surface area (Å²) >= 11 is 0. The van der Waals surface area contributed by atoms with Gasteiger partial charge in [-0.25, -0.2) is 0 Å². The zero-order valence-corrected chi connectivity index (χ0v) is 28.8. The fourth-order valence-electron chi connectivity index (χ4n) is 5.48. The van der Waals surface area contributed by atoms with E-state index in [1.807, 2.05) is 121 Å². The van der Waals surface area contributed by atoms with Crippen molar-refractivity contribution in [2.45, 2.75) is 0 Å². The first-order valence-electron chi connectivity index (χ1n) is 17.2. The number of benzene rings is 6. The van der Waals surface area contributed by atoms with Crippen LogP contribution in [-0.4, -0.2) is 51.3 Å². The Morgan fingerprint density at radius 2 is 0.615 bits per heavy atom. The molecule has 0 atom stereocenters. The summed E-state index contributed by atoms with van der Waals surface area (Å²) in [4.78, 5) is 31.4. The normalized spacial score (nSPS) is 10.5. The number of amides is 2. The van der Waals surface area contributed by atoms with Crippen molar-refractivity contribution in [3.63, 3.8) is 0 Å². The second-order valence-electron chi connectivity index (χ2n) is 11.7. The van der Waals surface area contributed by atoms with Crippen molar-refractivity contribution in [2.75, 3.05) is 49.3 Å². The number of carbonyl (C=O) groups is 2. The fraction of sp³-hybridized carbons (Fsp3) is 0.136. The van der Waals surface area contributed by atoms with Crippen LogP contribution in [0, 0.1) is 0 Å². The molecule has 6 aromatic carbocycles. The Balaban J connectivity index is 1.10. The summed E-state index contributed by atoms with van der Waals surface area (Å²) in [6.07, 6.45) is 0. The Bertz CT molecular complexity index is 1810. The Morgan fingerprint density at radius 1 is 0.346 bits per heavy atom. The minimum absolute atomic E-state index is 0.191. The SMILES string of the molecule is O=C(c1ccc(OCCOc2ccccc2)cc1)N(CCN(C(=O)c1ccc(OCCOc2ccccc2)cc1)c1ccccc1)c1ccccc1. The molecule has 52 heavy (non-hydrogen) atoms. The van der Waals surface area contributed by atoms with Gasteiger partial charge in [0.2, 0.25) is 0 Å². The Labute approximate surface area is 304 Å². The lowest BCUT2D eigenvalue weighted by Gasteiger charge is -2.28. The standard InChI is InChI=1S/C44H40N2O6/c47-43(35-21-25-41(26-22-35)51-33-31-49-39-17-9-3-10-18-39)45(37-13-5-1-6-14-37)29-30-46(38-15-7-2-8-16-38)44(48)36-23-27-42(28-24-36)52-34-32-50-40-19-11-4-12-20-40/h1-28H,29-34H2. The van der Waals surface area contributed by atoms with Gasteiger partial charge in [0.05, 0.1) is 0 Å². The highest BCUT2D eigenvalue weighted by molar-refractivity contribution is 6.08. The number of nitrogens with zero attached hydrogens (tertiary/aromatic N) is 2. The quantitative estimate of drug-likeness (QED) is 0.0892. The highest BCUT2D eigenvalue weighted by atomic mass is 16.5. The molecule has 0 spiro atoms. The van der Waals surface area contributed by atoms with E-state index in [9.17, 15) is 9.59 Å². The van der Waals surface area contributed by atoms with E-state index in [0.29, 0.717) is 49.1 Å². The lowest BCUT2D eigenvalue weighted by atomic mass is 10.1. The zero-order valence-electron chi connectivity index (χ0n) is 28.8. The van der Waals surface area contributed by atoms with Crippen LogP contribution in [0.4, 0.5) is 11.4 Å². The smallest absolute Gasteiger partial charge is 0.258 e. The van der Waals surface area contributed by atoms with Crippen LogP contribution in [0.5, 0.6) is 23.0 Å². The van der Waals surface area contributed by atoms with Crippen LogP contribution in [0.2, 0.25) is 0 Å². The largest absolute Gasteiger partial charge is 0.490 e. The fourth-order valence-corrected chi connectivity index (χ4v) is 5.48. The third-order valence-corrected chi connectivity index (χ3v) is 8.10. The van der Waals surface area contributed by atoms with Crippen LogP contribution >= 0.6 is 0 Å². The molecule has 0 aliphatic heterocycles. The highest BCUT2D eigenvalue weighted by Gasteiger charge is 2.23. The van der Waals surface area contributed by atoms with Gasteiger partial charge < -0.3 is 28.7 Å². The van der Waals surface area contributed by atoms with Crippen LogP contribution in [0.3, 0.4) is 0 Å². The van der Waals surface area contributed by atoms with E-state index >= 15 is 0 Å². The van der Waals surface area contributed by atoms with Crippen molar-refractivity contribution in [1.29, 1.82) is 0 Å². The number of para-hydroxylation sites is 4. The zero-order chi connectivity index (χ0) is 35.8. The Morgan fingerprint density at radius 3 is 0.923 bits per heavy atom. The average molecular weight is 693 g/mol. The summed E-state index contributed by atoms with van der Waals surface area (Å²) < 4.78 is 23.1. The maximum Gasteiger partial charge on any atom is 0.258 e. The molecule has 262 valence electrons. The van der Waals surface area contributed by atoms with E-state index in [2.05, 4.69) is 0 Å². The Hall–Kier alpha value is -6.54. The summed E-state index contributed by atoms with van der Waals surface area (Å²) in [5, 5.41) is 0. The van der Waals surface area contributed by atoms with Gasteiger partial charge in [0.25, 0.3) is 11.8 Å². The molecule has 0 radical (unpaired) electrons. The molecule has 0 aliphatic carbocycles. The van der Waals surface area contributed by atoms with E-state index in [-0.39, 0.29) is 24.9 Å². The van der Waals surface area contributed by atoms with Crippen molar-refractivity contribution >= 4 is 23.2 Å². The monoisotopic (exact) mass is 692 g/mol. The summed E-state index contributed by atoms with van der Waals surface area (Å²) in [6, 6.07) is 52.2. The molecule has 0 saturated heterocycles. The van der Waals surface area contributed by atoms with E-state index in [4.69, 9.17) is 18.9 Å². The molecule has 8 nitrogen and oxygen atoms in total. The lowest BCUT2D eigenvalue weighted by molar-refractivity contribution is 0.0968. The molecular weight excluding hydrogens is 652 g/mol. The van der Waals surface area contributed by atoms with Crippen molar-refractivity contribution in [1.82, 2.24) is 0 Å². The van der Waals surface area contributed by atoms with Crippen LogP contribution in [-0.2, 0) is 0 Å². The highest BCUT2D eigenvalue weighted by Crippen LogP contribution is 2.23. The first-order chi connectivity index (χ1) is 25.6. The second-order valence-corrected chi connectivity index (χ2v) is 11.7. The van der Waals surface area contributed by atoms with Crippen molar-refractivity contribution in [2.24, 2.45) is 0 Å². The minimum Gasteiger partial charge on any atom is -0.490 e. The number of rotatable bonds is 17. The van der Waals surface area contributed by atoms with Crippen LogP contribution < -0.4 is 28.7 Å². The molecule has 2 amide bonds. The topological polar surface area (TPSA) is 77.5 Å². The van der Waals surface area contributed by atoms with Crippen LogP contribution in [0.15, 0.2) is 170 Å². The molecule has 6 rings (SSSR count). The number of anilines is 2. The maximum absolute atomic E-state index is 14.0. The number of hydrogen-bond acceptors (Lipinski definition) is 6. The first-order valence-corrected chi connectivity index (χ1v) is 17.2. The van der Waals surface area contributed by atoms with E-state index < -0.39 is 0 Å². The van der Waals surface area contributed by atoms with Gasteiger partial charge in [-0.3, -0.25) is 9.59 Å². The van der Waals surface area contributed by atoms with E-state index in [1.54, 1.807) is 58.3 Å². The van der Waals surface area contributed by atoms with E-state index in [1.165, 1.54) is 0 Å². The predicted molar refractivity (Wildman–Crippen MR) is 204 cm³/mol. The molecule has 8 heteroatoms. The first kappa shape index (κ1) is 35.3. The van der Waals surface area contributed by atoms with E-state index in [0.717, 1.165) is 22.9 Å². The molecule has 0 bridgehead atoms. The van der Waals surface area contributed by atoms with Crippen molar-refractivity contribution < 1.29 is 28.5 Å². The molecule has 0 N–H and O–H groups in total. The minimum atomic E-state index is -0.191. The average Bonchev–Trinajstić information content (AvgIpc) is 3.21. The number of carbonyl (C=O) groups excluding carboxylic acids is 2. The predicted octanol–water partition coefficient (Wildman–Crippen LogP) is 8.60. The van der Waals surface area contributed by atoms with Gasteiger partial charge >= 0.3 is 0 Å².